The third-order valence-electron chi connectivity index (χ3n) is 4.29. The molecule has 3 rings (SSSR count). The highest BCUT2D eigenvalue weighted by Gasteiger charge is 2.42. The third kappa shape index (κ3) is 4.28. The molecule has 0 bridgehead atoms. The molecule has 0 fully saturated rings. The summed E-state index contributed by atoms with van der Waals surface area (Å²) in [5.41, 5.74) is -4.71. The summed E-state index contributed by atoms with van der Waals surface area (Å²) in [4.78, 5) is 0. The highest BCUT2D eigenvalue weighted by atomic mass is 19.4. The third-order valence-corrected chi connectivity index (χ3v) is 4.29. The van der Waals surface area contributed by atoms with Gasteiger partial charge in [0, 0.05) is 17.1 Å². The average molecular weight is 458 g/mol. The van der Waals surface area contributed by atoms with Crippen LogP contribution in [0.5, 0.6) is 0 Å². The van der Waals surface area contributed by atoms with Gasteiger partial charge in [0.2, 0.25) is 0 Å². The van der Waals surface area contributed by atoms with E-state index in [2.05, 4.69) is 15.3 Å². The smallest absolute Gasteiger partial charge is 0.265 e. The largest absolute Gasteiger partial charge is 0.569 e. The van der Waals surface area contributed by atoms with E-state index < -0.39 is 42.7 Å². The molecule has 6 nitrogen and oxygen atoms in total. The average Bonchev–Trinajstić information content (AvgIpc) is 3.26. The topological polar surface area (TPSA) is 53.5 Å². The van der Waals surface area contributed by atoms with Crippen LogP contribution in [-0.2, 0) is 18.5 Å². The van der Waals surface area contributed by atoms with Crippen LogP contribution in [-0.4, -0.2) is 36.2 Å². The van der Waals surface area contributed by atoms with E-state index in [1.165, 1.54) is 20.8 Å². The van der Waals surface area contributed by atoms with Gasteiger partial charge in [-0.3, -0.25) is 13.8 Å². The van der Waals surface area contributed by atoms with Crippen molar-refractivity contribution < 1.29 is 39.5 Å². The van der Waals surface area contributed by atoms with Gasteiger partial charge < -0.3 is 0 Å². The van der Waals surface area contributed by atoms with Gasteiger partial charge in [0.1, 0.15) is 0 Å². The maximum Gasteiger partial charge on any atom is 0.569 e. The SMILES string of the molecule is Cc1cc(C(F)(F)F)nn1B(n1nc(C(F)(F)F)cc1C)n1nc(C(F)(F)F)cc1C. The molecule has 0 N–H and O–H groups in total. The molecule has 3 heterocycles. The summed E-state index contributed by atoms with van der Waals surface area (Å²) in [5.74, 6) is 0. The van der Waals surface area contributed by atoms with Crippen molar-refractivity contribution in [3.8, 4) is 0 Å². The van der Waals surface area contributed by atoms with Crippen LogP contribution in [0.15, 0.2) is 18.2 Å². The first-order valence-corrected chi connectivity index (χ1v) is 8.40. The molecule has 3 aromatic rings. The molecular weight excluding hydrogens is 446 g/mol. The molecule has 3 aromatic heterocycles. The number of hydrogen-bond donors (Lipinski definition) is 0. The number of halogens is 9. The molecule has 0 aliphatic carbocycles. The van der Waals surface area contributed by atoms with Crippen LogP contribution < -0.4 is 0 Å². The van der Waals surface area contributed by atoms with Crippen molar-refractivity contribution >= 4 is 7.12 Å². The van der Waals surface area contributed by atoms with Gasteiger partial charge in [0.15, 0.2) is 17.1 Å². The minimum Gasteiger partial charge on any atom is -0.265 e. The molecule has 31 heavy (non-hydrogen) atoms. The number of alkyl halides is 9. The van der Waals surface area contributed by atoms with Crippen LogP contribution in [0.4, 0.5) is 39.5 Å². The Morgan fingerprint density at radius 3 is 0.935 bits per heavy atom. The Bertz CT molecular complexity index is 964. The maximum absolute atomic E-state index is 13.1. The molecule has 0 radical (unpaired) electrons. The monoisotopic (exact) mass is 458 g/mol. The lowest BCUT2D eigenvalue weighted by atomic mass is 9.93. The van der Waals surface area contributed by atoms with Gasteiger partial charge in [-0.2, -0.15) is 54.8 Å². The second-order valence-corrected chi connectivity index (χ2v) is 6.69. The minimum absolute atomic E-state index is 0.191. The van der Waals surface area contributed by atoms with Crippen LogP contribution >= 0.6 is 0 Å². The maximum atomic E-state index is 13.1. The number of aryl methyl sites for hydroxylation is 3. The Kier molecular flexibility index (Phi) is 5.17. The predicted octanol–water partition coefficient (Wildman–Crippen LogP) is 4.19. The summed E-state index contributed by atoms with van der Waals surface area (Å²) in [5, 5.41) is 10.1. The fourth-order valence-electron chi connectivity index (χ4n) is 2.89. The summed E-state index contributed by atoms with van der Waals surface area (Å²) >= 11 is 0. The van der Waals surface area contributed by atoms with Gasteiger partial charge in [-0.05, 0) is 39.0 Å². The van der Waals surface area contributed by atoms with Crippen LogP contribution in [0, 0.1) is 20.8 Å². The molecule has 0 atom stereocenters. The number of nitrogens with zero attached hydrogens (tertiary/aromatic N) is 6. The van der Waals surface area contributed by atoms with Crippen molar-refractivity contribution in [2.75, 3.05) is 0 Å². The molecule has 0 saturated carbocycles. The van der Waals surface area contributed by atoms with Crippen LogP contribution in [0.1, 0.15) is 34.2 Å². The van der Waals surface area contributed by atoms with Gasteiger partial charge >= 0.3 is 25.6 Å². The fourth-order valence-corrected chi connectivity index (χ4v) is 2.89. The Morgan fingerprint density at radius 2 is 0.774 bits per heavy atom. The molecule has 0 aromatic carbocycles. The fraction of sp³-hybridized carbons (Fsp3) is 0.400. The normalized spacial score (nSPS) is 13.2. The molecule has 0 amide bonds. The molecule has 0 aliphatic rings. The van der Waals surface area contributed by atoms with Crippen molar-refractivity contribution in [1.82, 2.24) is 29.1 Å². The Morgan fingerprint density at radius 1 is 0.548 bits per heavy atom. The van der Waals surface area contributed by atoms with Crippen LogP contribution in [0.25, 0.3) is 0 Å². The number of hydrogen-bond acceptors (Lipinski definition) is 3. The van der Waals surface area contributed by atoms with E-state index in [-0.39, 0.29) is 17.1 Å². The van der Waals surface area contributed by atoms with Crippen molar-refractivity contribution in [2.24, 2.45) is 0 Å². The van der Waals surface area contributed by atoms with Crippen molar-refractivity contribution in [3.05, 3.63) is 52.4 Å². The Labute approximate surface area is 168 Å². The predicted molar refractivity (Wildman–Crippen MR) is 87.8 cm³/mol. The minimum atomic E-state index is -4.90. The van der Waals surface area contributed by atoms with E-state index in [0.717, 1.165) is 0 Å². The highest BCUT2D eigenvalue weighted by Crippen LogP contribution is 2.32. The second kappa shape index (κ2) is 7.05. The molecule has 0 saturated heterocycles. The van der Waals surface area contributed by atoms with Crippen LogP contribution in [0.2, 0.25) is 0 Å². The van der Waals surface area contributed by atoms with Crippen molar-refractivity contribution in [2.45, 2.75) is 39.3 Å². The van der Waals surface area contributed by atoms with Gasteiger partial charge in [0.25, 0.3) is 0 Å². The lowest BCUT2D eigenvalue weighted by Crippen LogP contribution is -2.46. The summed E-state index contributed by atoms with van der Waals surface area (Å²) in [6.45, 7) is 3.51. The van der Waals surface area contributed by atoms with Gasteiger partial charge in [-0.25, -0.2) is 0 Å². The molecule has 0 aliphatic heterocycles. The van der Waals surface area contributed by atoms with E-state index >= 15 is 0 Å². The van der Waals surface area contributed by atoms with Crippen molar-refractivity contribution in [3.63, 3.8) is 0 Å². The quantitative estimate of drug-likeness (QED) is 0.437. The zero-order valence-corrected chi connectivity index (χ0v) is 15.9. The zero-order chi connectivity index (χ0) is 23.5. The van der Waals surface area contributed by atoms with E-state index in [1.807, 2.05) is 0 Å². The Hall–Kier alpha value is -2.94. The van der Waals surface area contributed by atoms with Crippen LogP contribution in [0.3, 0.4) is 0 Å². The van der Waals surface area contributed by atoms with E-state index in [4.69, 9.17) is 0 Å². The number of aromatic nitrogens is 6. The standard InChI is InChI=1S/C15H12BF9N6/c1-7-4-10(13(17,18)19)26-29(7)16(30-8(2)5-11(27-30)14(20,21)22)31-9(3)6-12(28-31)15(23,24)25/h4-6H,1-3H3. The first kappa shape index (κ1) is 22.7. The van der Waals surface area contributed by atoms with E-state index in [0.29, 0.717) is 32.0 Å². The Balaban J connectivity index is 2.28. The van der Waals surface area contributed by atoms with Gasteiger partial charge in [-0.15, -0.1) is 0 Å². The summed E-state index contributed by atoms with van der Waals surface area (Å²) in [6, 6.07) is 1.83. The molecule has 168 valence electrons. The molecule has 0 unspecified atom stereocenters. The van der Waals surface area contributed by atoms with Gasteiger partial charge in [-0.1, -0.05) is 0 Å². The first-order chi connectivity index (χ1) is 14.0. The van der Waals surface area contributed by atoms with Gasteiger partial charge in [0.05, 0.1) is 0 Å². The first-order valence-electron chi connectivity index (χ1n) is 8.40. The van der Waals surface area contributed by atoms with E-state index in [9.17, 15) is 39.5 Å². The highest BCUT2D eigenvalue weighted by molar-refractivity contribution is 6.53. The summed E-state index contributed by atoms with van der Waals surface area (Å²) in [7, 11) is -1.80. The molecule has 0 spiro atoms. The second-order valence-electron chi connectivity index (χ2n) is 6.69. The lowest BCUT2D eigenvalue weighted by molar-refractivity contribution is -0.142. The molecule has 16 heteroatoms. The van der Waals surface area contributed by atoms with E-state index in [1.54, 1.807) is 0 Å². The van der Waals surface area contributed by atoms with Crippen molar-refractivity contribution in [1.29, 1.82) is 0 Å². The number of rotatable bonds is 3. The summed E-state index contributed by atoms with van der Waals surface area (Å²) < 4.78 is 120. The molecular formula is C15H12BF9N6. The lowest BCUT2D eigenvalue weighted by Gasteiger charge is -2.18. The summed E-state index contributed by atoms with van der Waals surface area (Å²) in [6.07, 6.45) is -14.7. The zero-order valence-electron chi connectivity index (χ0n) is 15.9.